The Hall–Kier alpha value is -3.39. The highest BCUT2D eigenvalue weighted by atomic mass is 16.3. The maximum absolute atomic E-state index is 12.6. The van der Waals surface area contributed by atoms with E-state index in [2.05, 4.69) is 23.6 Å². The highest BCUT2D eigenvalue weighted by molar-refractivity contribution is 6.39. The minimum atomic E-state index is -0.192. The molecular formula is C25H27N3O2. The van der Waals surface area contributed by atoms with Crippen LogP contribution in [-0.4, -0.2) is 21.2 Å². The van der Waals surface area contributed by atoms with E-state index in [9.17, 15) is 15.2 Å². The van der Waals surface area contributed by atoms with Crippen molar-refractivity contribution in [1.29, 1.82) is 10.7 Å². The summed E-state index contributed by atoms with van der Waals surface area (Å²) in [6.07, 6.45) is 2.36. The van der Waals surface area contributed by atoms with E-state index in [-0.39, 0.29) is 29.6 Å². The molecule has 0 aliphatic heterocycles. The van der Waals surface area contributed by atoms with Gasteiger partial charge in [0.05, 0.1) is 17.3 Å². The van der Waals surface area contributed by atoms with Crippen molar-refractivity contribution in [1.82, 2.24) is 4.57 Å². The lowest BCUT2D eigenvalue weighted by Crippen LogP contribution is -2.25. The van der Waals surface area contributed by atoms with Crippen molar-refractivity contribution in [3.8, 4) is 11.8 Å². The number of nitriles is 1. The summed E-state index contributed by atoms with van der Waals surface area (Å²) in [5.74, 6) is -0.166. The van der Waals surface area contributed by atoms with Crippen LogP contribution in [-0.2, 0) is 24.2 Å². The molecule has 0 radical (unpaired) electrons. The first-order valence-electron chi connectivity index (χ1n) is 10.4. The predicted molar refractivity (Wildman–Crippen MR) is 119 cm³/mol. The summed E-state index contributed by atoms with van der Waals surface area (Å²) in [5.41, 5.74) is 3.74. The van der Waals surface area contributed by atoms with Crippen molar-refractivity contribution in [3.05, 3.63) is 65.4 Å². The van der Waals surface area contributed by atoms with Crippen molar-refractivity contribution in [2.75, 3.05) is 0 Å². The van der Waals surface area contributed by atoms with Crippen LogP contribution in [0.25, 0.3) is 10.9 Å². The van der Waals surface area contributed by atoms with Crippen LogP contribution in [0, 0.1) is 22.7 Å². The smallest absolute Gasteiger partial charge is 0.180 e. The largest absolute Gasteiger partial charge is 0.508 e. The number of aromatic nitrogens is 1. The number of aromatic hydroxyl groups is 1. The van der Waals surface area contributed by atoms with E-state index in [4.69, 9.17) is 5.41 Å². The van der Waals surface area contributed by atoms with Gasteiger partial charge in [0.15, 0.2) is 5.78 Å². The predicted octanol–water partition coefficient (Wildman–Crippen LogP) is 5.03. The van der Waals surface area contributed by atoms with Crippen LogP contribution in [0.5, 0.6) is 5.75 Å². The molecule has 30 heavy (non-hydrogen) atoms. The lowest BCUT2D eigenvalue weighted by Gasteiger charge is -2.16. The minimum absolute atomic E-state index is 0.104. The third-order valence-electron chi connectivity index (χ3n) is 5.66. The van der Waals surface area contributed by atoms with Crippen LogP contribution in [0.2, 0.25) is 0 Å². The first-order chi connectivity index (χ1) is 14.5. The number of phenolic OH excluding ortho intramolecular Hbond substituents is 1. The fourth-order valence-corrected chi connectivity index (χ4v) is 4.01. The van der Waals surface area contributed by atoms with Gasteiger partial charge in [-0.15, -0.1) is 0 Å². The van der Waals surface area contributed by atoms with Crippen LogP contribution >= 0.6 is 0 Å². The summed E-state index contributed by atoms with van der Waals surface area (Å²) in [7, 11) is 0. The number of nitrogens with one attached hydrogen (secondary N) is 1. The van der Waals surface area contributed by atoms with Crippen molar-refractivity contribution >= 4 is 22.4 Å². The third-order valence-corrected chi connectivity index (χ3v) is 5.66. The van der Waals surface area contributed by atoms with Crippen LogP contribution in [0.1, 0.15) is 43.5 Å². The summed E-state index contributed by atoms with van der Waals surface area (Å²) in [5, 5.41) is 28.3. The van der Waals surface area contributed by atoms with E-state index in [0.717, 1.165) is 48.0 Å². The molecule has 2 N–H and O–H groups in total. The van der Waals surface area contributed by atoms with Crippen molar-refractivity contribution < 1.29 is 9.90 Å². The Morgan fingerprint density at radius 3 is 2.67 bits per heavy atom. The molecule has 5 heteroatoms. The van der Waals surface area contributed by atoms with Gasteiger partial charge in [-0.3, -0.25) is 4.79 Å². The maximum atomic E-state index is 12.6. The van der Waals surface area contributed by atoms with E-state index in [1.54, 1.807) is 24.3 Å². The molecule has 3 aromatic rings. The normalized spacial score (nSPS) is 11.9. The van der Waals surface area contributed by atoms with Crippen molar-refractivity contribution in [2.45, 2.75) is 46.1 Å². The number of phenols is 1. The molecule has 0 fully saturated rings. The molecule has 2 aromatic carbocycles. The molecule has 0 unspecified atom stereocenters. The number of ketones is 1. The SMILES string of the molecule is CC[C@@H](CCc1cc2ccc(C#N)cc2n1CC)C(=N)C(=O)Cc1cccc(O)c1. The number of Topliss-reactive ketones (excluding diaryl/α,β-unsaturated/α-hetero) is 1. The fourth-order valence-electron chi connectivity index (χ4n) is 4.01. The standard InChI is InChI=1S/C25H27N3O2/c1-3-19(25(27)24(30)14-17-6-5-7-22(29)12-17)10-11-21-15-20-9-8-18(16-26)13-23(20)28(21)4-2/h5-9,12-13,15,19,27,29H,3-4,10-11,14H2,1-2H3/t19-/m0/s1. The summed E-state index contributed by atoms with van der Waals surface area (Å²) in [6.45, 7) is 4.90. The molecule has 1 heterocycles. The molecular weight excluding hydrogens is 374 g/mol. The molecule has 3 rings (SSSR count). The number of carbonyl (C=O) groups is 1. The molecule has 5 nitrogen and oxygen atoms in total. The van der Waals surface area contributed by atoms with E-state index in [1.165, 1.54) is 0 Å². The van der Waals surface area contributed by atoms with Crippen LogP contribution in [0.4, 0.5) is 0 Å². The average molecular weight is 402 g/mol. The summed E-state index contributed by atoms with van der Waals surface area (Å²) in [4.78, 5) is 12.6. The monoisotopic (exact) mass is 401 g/mol. The van der Waals surface area contributed by atoms with Gasteiger partial charge in [-0.25, -0.2) is 0 Å². The van der Waals surface area contributed by atoms with Crippen molar-refractivity contribution in [2.24, 2.45) is 5.92 Å². The Morgan fingerprint density at radius 2 is 2.00 bits per heavy atom. The summed E-state index contributed by atoms with van der Waals surface area (Å²) in [6, 6.07) is 16.7. The van der Waals surface area contributed by atoms with E-state index in [1.807, 2.05) is 25.1 Å². The molecule has 0 amide bonds. The molecule has 154 valence electrons. The number of rotatable bonds is 9. The first-order valence-corrected chi connectivity index (χ1v) is 10.4. The second kappa shape index (κ2) is 9.41. The third kappa shape index (κ3) is 4.60. The summed E-state index contributed by atoms with van der Waals surface area (Å²) >= 11 is 0. The van der Waals surface area contributed by atoms with Gasteiger partial charge in [-0.2, -0.15) is 5.26 Å². The summed E-state index contributed by atoms with van der Waals surface area (Å²) < 4.78 is 2.21. The molecule has 0 aliphatic rings. The van der Waals surface area contributed by atoms with Gasteiger partial charge in [0.25, 0.3) is 0 Å². The Bertz CT molecular complexity index is 1120. The quantitative estimate of drug-likeness (QED) is 0.493. The van der Waals surface area contributed by atoms with Crippen LogP contribution < -0.4 is 0 Å². The second-order valence-corrected chi connectivity index (χ2v) is 7.59. The zero-order valence-corrected chi connectivity index (χ0v) is 17.5. The van der Waals surface area contributed by atoms with Gasteiger partial charge in [0.1, 0.15) is 5.75 Å². The van der Waals surface area contributed by atoms with Gasteiger partial charge in [0.2, 0.25) is 0 Å². The lowest BCUT2D eigenvalue weighted by atomic mass is 9.89. The van der Waals surface area contributed by atoms with Crippen molar-refractivity contribution in [3.63, 3.8) is 0 Å². The van der Waals surface area contributed by atoms with Crippen LogP contribution in [0.15, 0.2) is 48.5 Å². The van der Waals surface area contributed by atoms with Gasteiger partial charge in [-0.1, -0.05) is 25.1 Å². The number of nitrogens with zero attached hydrogens (tertiary/aromatic N) is 2. The molecule has 0 saturated carbocycles. The topological polar surface area (TPSA) is 89.9 Å². The highest BCUT2D eigenvalue weighted by Gasteiger charge is 2.21. The molecule has 0 bridgehead atoms. The fraction of sp³-hybridized carbons (Fsp3) is 0.320. The number of carbonyl (C=O) groups excluding carboxylic acids is 1. The van der Waals surface area contributed by atoms with Gasteiger partial charge < -0.3 is 15.1 Å². The van der Waals surface area contributed by atoms with E-state index < -0.39 is 0 Å². The maximum Gasteiger partial charge on any atom is 0.180 e. The molecule has 1 atom stereocenters. The Kier molecular flexibility index (Phi) is 6.68. The van der Waals surface area contributed by atoms with Gasteiger partial charge >= 0.3 is 0 Å². The Morgan fingerprint density at radius 1 is 1.20 bits per heavy atom. The molecule has 1 aromatic heterocycles. The second-order valence-electron chi connectivity index (χ2n) is 7.59. The Balaban J connectivity index is 1.72. The lowest BCUT2D eigenvalue weighted by molar-refractivity contribution is -0.112. The van der Waals surface area contributed by atoms with Gasteiger partial charge in [0, 0.05) is 30.1 Å². The average Bonchev–Trinajstić information content (AvgIpc) is 3.10. The van der Waals surface area contributed by atoms with E-state index in [0.29, 0.717) is 5.56 Å². The molecule has 0 aliphatic carbocycles. The highest BCUT2D eigenvalue weighted by Crippen LogP contribution is 2.24. The number of fused-ring (bicyclic) bond motifs is 1. The van der Waals surface area contributed by atoms with Crippen LogP contribution in [0.3, 0.4) is 0 Å². The number of hydrogen-bond donors (Lipinski definition) is 2. The number of aryl methyl sites for hydroxylation is 2. The number of hydrogen-bond acceptors (Lipinski definition) is 4. The van der Waals surface area contributed by atoms with Gasteiger partial charge in [-0.05, 0) is 67.5 Å². The minimum Gasteiger partial charge on any atom is -0.508 e. The first kappa shape index (κ1) is 21.3. The van der Waals surface area contributed by atoms with E-state index >= 15 is 0 Å². The zero-order valence-electron chi connectivity index (χ0n) is 17.5. The molecule has 0 spiro atoms. The number of benzene rings is 2. The Labute approximate surface area is 177 Å². The molecule has 0 saturated heterocycles. The zero-order chi connectivity index (χ0) is 21.7.